The Hall–Kier alpha value is -1.59. The molecule has 2 fully saturated rings. The van der Waals surface area contributed by atoms with Crippen LogP contribution in [0.1, 0.15) is 18.4 Å². The van der Waals surface area contributed by atoms with E-state index in [4.69, 9.17) is 4.74 Å². The molecule has 2 aliphatic heterocycles. The maximum Gasteiger partial charge on any atom is 0.249 e. The van der Waals surface area contributed by atoms with E-state index >= 15 is 0 Å². The van der Waals surface area contributed by atoms with Gasteiger partial charge in [0, 0.05) is 12.1 Å². The normalized spacial score (nSPS) is 22.2. The smallest absolute Gasteiger partial charge is 0.249 e. The molecule has 0 aromatic heterocycles. The van der Waals surface area contributed by atoms with E-state index in [0.717, 1.165) is 31.5 Å². The second kappa shape index (κ2) is 5.42. The summed E-state index contributed by atoms with van der Waals surface area (Å²) in [5.41, 5.74) is 0.579. The van der Waals surface area contributed by atoms with E-state index in [0.29, 0.717) is 13.1 Å². The molecule has 3 rings (SSSR count). The Morgan fingerprint density at radius 3 is 2.80 bits per heavy atom. The summed E-state index contributed by atoms with van der Waals surface area (Å²) in [4.78, 5) is 13.8. The zero-order chi connectivity index (χ0) is 14.0. The van der Waals surface area contributed by atoms with Crippen LogP contribution in [0, 0.1) is 0 Å². The van der Waals surface area contributed by atoms with Gasteiger partial charge in [0.2, 0.25) is 5.91 Å². The summed E-state index contributed by atoms with van der Waals surface area (Å²) in [7, 11) is 0. The maximum absolute atomic E-state index is 12.0. The molecule has 2 saturated heterocycles. The highest BCUT2D eigenvalue weighted by Gasteiger charge is 2.40. The number of carbonyl (C=O) groups is 1. The van der Waals surface area contributed by atoms with E-state index in [1.54, 1.807) is 12.1 Å². The van der Waals surface area contributed by atoms with Gasteiger partial charge in [0.05, 0.1) is 12.1 Å². The molecule has 2 N–H and O–H groups in total. The summed E-state index contributed by atoms with van der Waals surface area (Å²) in [5, 5.41) is 13.2. The Balaban J connectivity index is 1.74. The third kappa shape index (κ3) is 2.64. The quantitative estimate of drug-likeness (QED) is 0.841. The Bertz CT molecular complexity index is 498. The monoisotopic (exact) mass is 276 g/mol. The summed E-state index contributed by atoms with van der Waals surface area (Å²) in [6.45, 7) is 3.07. The predicted molar refractivity (Wildman–Crippen MR) is 74.3 cm³/mol. The molecular formula is C15H20N2O3. The second-order valence-electron chi connectivity index (χ2n) is 5.60. The first kappa shape index (κ1) is 13.4. The lowest BCUT2D eigenvalue weighted by Gasteiger charge is -2.44. The minimum Gasteiger partial charge on any atom is -0.508 e. The zero-order valence-corrected chi connectivity index (χ0v) is 11.5. The molecule has 1 spiro atoms. The summed E-state index contributed by atoms with van der Waals surface area (Å²) in [5.74, 6) is 0.239. The summed E-state index contributed by atoms with van der Waals surface area (Å²) in [6.07, 6.45) is 1.86. The van der Waals surface area contributed by atoms with E-state index in [9.17, 15) is 9.90 Å². The summed E-state index contributed by atoms with van der Waals surface area (Å²) in [6, 6.07) is 7.17. The Kier molecular flexibility index (Phi) is 3.63. The number of nitrogens with one attached hydrogen (secondary N) is 1. The van der Waals surface area contributed by atoms with Crippen LogP contribution in [0.2, 0.25) is 0 Å². The van der Waals surface area contributed by atoms with Crippen LogP contribution in [0.25, 0.3) is 0 Å². The van der Waals surface area contributed by atoms with Crippen LogP contribution in [0.3, 0.4) is 0 Å². The molecule has 1 aromatic rings. The molecule has 1 amide bonds. The number of rotatable bonds is 2. The van der Waals surface area contributed by atoms with Gasteiger partial charge in [-0.05, 0) is 32.0 Å². The number of hydrogen-bond donors (Lipinski definition) is 2. The van der Waals surface area contributed by atoms with Crippen LogP contribution < -0.4 is 5.32 Å². The lowest BCUT2D eigenvalue weighted by Crippen LogP contribution is -2.57. The lowest BCUT2D eigenvalue weighted by molar-refractivity contribution is -0.169. The molecule has 108 valence electrons. The zero-order valence-electron chi connectivity index (χ0n) is 11.5. The number of aromatic hydroxyl groups is 1. The van der Waals surface area contributed by atoms with E-state index in [-0.39, 0.29) is 23.9 Å². The Morgan fingerprint density at radius 1 is 1.30 bits per heavy atom. The number of morpholine rings is 1. The van der Waals surface area contributed by atoms with Gasteiger partial charge in [0.1, 0.15) is 12.4 Å². The second-order valence-corrected chi connectivity index (χ2v) is 5.60. The van der Waals surface area contributed by atoms with Crippen molar-refractivity contribution in [1.29, 1.82) is 0 Å². The minimum absolute atomic E-state index is 0.00240. The van der Waals surface area contributed by atoms with Crippen molar-refractivity contribution in [2.45, 2.75) is 25.0 Å². The standard InChI is InChI=1S/C15H20N2O3/c18-13-4-2-1-3-12(13)9-17-11-15(20-10-14(17)19)5-7-16-8-6-15/h1-4,16,18H,5-11H2. The Morgan fingerprint density at radius 2 is 2.05 bits per heavy atom. The van der Waals surface area contributed by atoms with Crippen molar-refractivity contribution in [2.24, 2.45) is 0 Å². The van der Waals surface area contributed by atoms with Gasteiger partial charge in [0.25, 0.3) is 0 Å². The third-order valence-electron chi connectivity index (χ3n) is 4.20. The van der Waals surface area contributed by atoms with E-state index < -0.39 is 0 Å². The van der Waals surface area contributed by atoms with E-state index in [1.807, 2.05) is 17.0 Å². The average molecular weight is 276 g/mol. The maximum atomic E-state index is 12.0. The van der Waals surface area contributed by atoms with Crippen LogP contribution in [0.15, 0.2) is 24.3 Å². The number of hydrogen-bond acceptors (Lipinski definition) is 4. The Labute approximate surface area is 118 Å². The van der Waals surface area contributed by atoms with Crippen LogP contribution in [-0.2, 0) is 16.1 Å². The highest BCUT2D eigenvalue weighted by atomic mass is 16.5. The number of ether oxygens (including phenoxy) is 1. The van der Waals surface area contributed by atoms with Crippen molar-refractivity contribution in [3.63, 3.8) is 0 Å². The van der Waals surface area contributed by atoms with Crippen molar-refractivity contribution >= 4 is 5.91 Å². The van der Waals surface area contributed by atoms with Gasteiger partial charge in [-0.1, -0.05) is 18.2 Å². The first-order chi connectivity index (χ1) is 9.69. The number of carbonyl (C=O) groups excluding carboxylic acids is 1. The van der Waals surface area contributed by atoms with Gasteiger partial charge in [0.15, 0.2) is 0 Å². The van der Waals surface area contributed by atoms with Crippen molar-refractivity contribution in [3.05, 3.63) is 29.8 Å². The van der Waals surface area contributed by atoms with Crippen molar-refractivity contribution < 1.29 is 14.6 Å². The van der Waals surface area contributed by atoms with Crippen LogP contribution in [-0.4, -0.2) is 47.8 Å². The number of amides is 1. The minimum atomic E-state index is -0.205. The molecule has 0 radical (unpaired) electrons. The van der Waals surface area contributed by atoms with Gasteiger partial charge in [-0.3, -0.25) is 4.79 Å². The highest BCUT2D eigenvalue weighted by molar-refractivity contribution is 5.78. The van der Waals surface area contributed by atoms with Crippen molar-refractivity contribution in [3.8, 4) is 5.75 Å². The van der Waals surface area contributed by atoms with Crippen LogP contribution in [0.5, 0.6) is 5.75 Å². The molecule has 2 heterocycles. The molecule has 0 saturated carbocycles. The number of benzene rings is 1. The fourth-order valence-corrected chi connectivity index (χ4v) is 2.97. The molecular weight excluding hydrogens is 256 g/mol. The molecule has 5 heteroatoms. The SMILES string of the molecule is O=C1COC2(CCNCC2)CN1Cc1ccccc1O. The summed E-state index contributed by atoms with van der Waals surface area (Å²) >= 11 is 0. The molecule has 20 heavy (non-hydrogen) atoms. The number of phenols is 1. The van der Waals surface area contributed by atoms with E-state index in [1.165, 1.54) is 0 Å². The fraction of sp³-hybridized carbons (Fsp3) is 0.533. The van der Waals surface area contributed by atoms with Gasteiger partial charge >= 0.3 is 0 Å². The lowest BCUT2D eigenvalue weighted by atomic mass is 9.90. The van der Waals surface area contributed by atoms with Crippen molar-refractivity contribution in [1.82, 2.24) is 10.2 Å². The molecule has 0 atom stereocenters. The number of nitrogens with zero attached hydrogens (tertiary/aromatic N) is 1. The van der Waals surface area contributed by atoms with E-state index in [2.05, 4.69) is 5.32 Å². The number of phenolic OH excluding ortho intramolecular Hbond substituents is 1. The molecule has 0 aliphatic carbocycles. The number of para-hydroxylation sites is 1. The van der Waals surface area contributed by atoms with Gasteiger partial charge in [-0.25, -0.2) is 0 Å². The molecule has 0 unspecified atom stereocenters. The van der Waals surface area contributed by atoms with Gasteiger partial charge in [-0.2, -0.15) is 0 Å². The first-order valence-corrected chi connectivity index (χ1v) is 7.08. The average Bonchev–Trinajstić information content (AvgIpc) is 2.47. The summed E-state index contributed by atoms with van der Waals surface area (Å²) < 4.78 is 5.82. The topological polar surface area (TPSA) is 61.8 Å². The van der Waals surface area contributed by atoms with Gasteiger partial charge < -0.3 is 20.1 Å². The predicted octanol–water partition coefficient (Wildman–Crippen LogP) is 0.873. The molecule has 5 nitrogen and oxygen atoms in total. The van der Waals surface area contributed by atoms with Crippen LogP contribution >= 0.6 is 0 Å². The molecule has 0 bridgehead atoms. The fourth-order valence-electron chi connectivity index (χ4n) is 2.97. The first-order valence-electron chi connectivity index (χ1n) is 7.08. The van der Waals surface area contributed by atoms with Crippen molar-refractivity contribution in [2.75, 3.05) is 26.2 Å². The molecule has 2 aliphatic rings. The largest absolute Gasteiger partial charge is 0.508 e. The van der Waals surface area contributed by atoms with Gasteiger partial charge in [-0.15, -0.1) is 0 Å². The third-order valence-corrected chi connectivity index (χ3v) is 4.20. The number of piperidine rings is 1. The van der Waals surface area contributed by atoms with Crippen LogP contribution in [0.4, 0.5) is 0 Å². The molecule has 1 aromatic carbocycles. The highest BCUT2D eigenvalue weighted by Crippen LogP contribution is 2.29.